The fourth-order valence-electron chi connectivity index (χ4n) is 3.17. The first-order valence-corrected chi connectivity index (χ1v) is 8.96. The second-order valence-corrected chi connectivity index (χ2v) is 8.05. The minimum atomic E-state index is -3.00. The zero-order valence-corrected chi connectivity index (χ0v) is 12.1. The zero-order valence-electron chi connectivity index (χ0n) is 11.3. The van der Waals surface area contributed by atoms with Crippen molar-refractivity contribution in [2.75, 3.05) is 31.1 Å². The van der Waals surface area contributed by atoms with Gasteiger partial charge < -0.3 is 10.0 Å². The zero-order chi connectivity index (χ0) is 13.9. The number of likely N-dealkylation sites (tertiary alicyclic amines) is 1. The molecule has 2 rings (SSSR count). The third kappa shape index (κ3) is 4.18. The molecule has 6 heteroatoms. The predicted octanol–water partition coefficient (Wildman–Crippen LogP) is 0.998. The van der Waals surface area contributed by atoms with E-state index >= 15 is 0 Å². The average Bonchev–Trinajstić information content (AvgIpc) is 2.55. The predicted molar refractivity (Wildman–Crippen MR) is 72.8 cm³/mol. The second-order valence-electron chi connectivity index (χ2n) is 5.82. The van der Waals surface area contributed by atoms with E-state index in [-0.39, 0.29) is 17.4 Å². The van der Waals surface area contributed by atoms with Crippen LogP contribution in [0.5, 0.6) is 0 Å². The standard InChI is InChI=1S/C13H23NO4S/c15-13(16)12(11-5-8-19(17,18)10-11)9-14-6-3-1-2-4-7-14/h11-12H,1-10H2,(H,15,16). The highest BCUT2D eigenvalue weighted by Gasteiger charge is 2.38. The summed E-state index contributed by atoms with van der Waals surface area (Å²) in [5, 5.41) is 9.38. The van der Waals surface area contributed by atoms with Crippen LogP contribution in [0.2, 0.25) is 0 Å². The molecular formula is C13H23NO4S. The molecule has 2 aliphatic rings. The van der Waals surface area contributed by atoms with Gasteiger partial charge in [-0.2, -0.15) is 0 Å². The number of hydrogen-bond acceptors (Lipinski definition) is 4. The highest BCUT2D eigenvalue weighted by molar-refractivity contribution is 7.91. The molecule has 2 fully saturated rings. The minimum absolute atomic E-state index is 0.0534. The Morgan fingerprint density at radius 3 is 2.32 bits per heavy atom. The van der Waals surface area contributed by atoms with Crippen LogP contribution in [-0.4, -0.2) is 55.5 Å². The first-order valence-electron chi connectivity index (χ1n) is 7.13. The summed E-state index contributed by atoms with van der Waals surface area (Å²) < 4.78 is 23.0. The van der Waals surface area contributed by atoms with Crippen molar-refractivity contribution in [2.45, 2.75) is 32.1 Å². The Morgan fingerprint density at radius 2 is 1.84 bits per heavy atom. The largest absolute Gasteiger partial charge is 0.481 e. The molecule has 2 unspecified atom stereocenters. The van der Waals surface area contributed by atoms with Crippen molar-refractivity contribution < 1.29 is 18.3 Å². The number of rotatable bonds is 4. The van der Waals surface area contributed by atoms with Gasteiger partial charge in [0.1, 0.15) is 0 Å². The lowest BCUT2D eigenvalue weighted by Crippen LogP contribution is -2.38. The molecule has 0 aromatic rings. The molecule has 2 saturated heterocycles. The molecule has 110 valence electrons. The topological polar surface area (TPSA) is 74.7 Å². The van der Waals surface area contributed by atoms with E-state index in [1.165, 1.54) is 12.8 Å². The Kier molecular flexibility index (Phi) is 4.84. The van der Waals surface area contributed by atoms with Crippen molar-refractivity contribution in [2.24, 2.45) is 11.8 Å². The summed E-state index contributed by atoms with van der Waals surface area (Å²) in [7, 11) is -3.00. The van der Waals surface area contributed by atoms with Gasteiger partial charge in [0.2, 0.25) is 0 Å². The molecule has 0 spiro atoms. The summed E-state index contributed by atoms with van der Waals surface area (Å²) in [5.74, 6) is -1.37. The Hall–Kier alpha value is -0.620. The average molecular weight is 289 g/mol. The van der Waals surface area contributed by atoms with Gasteiger partial charge in [-0.15, -0.1) is 0 Å². The maximum absolute atomic E-state index is 11.5. The number of hydrogen-bond donors (Lipinski definition) is 1. The quantitative estimate of drug-likeness (QED) is 0.835. The van der Waals surface area contributed by atoms with Crippen LogP contribution in [0.25, 0.3) is 0 Å². The van der Waals surface area contributed by atoms with Gasteiger partial charge in [-0.25, -0.2) is 8.42 Å². The first-order chi connectivity index (χ1) is 8.98. The molecule has 19 heavy (non-hydrogen) atoms. The molecule has 0 aliphatic carbocycles. The van der Waals surface area contributed by atoms with Crippen LogP contribution in [0.1, 0.15) is 32.1 Å². The summed E-state index contributed by atoms with van der Waals surface area (Å²) in [6, 6.07) is 0. The highest BCUT2D eigenvalue weighted by atomic mass is 32.2. The molecule has 0 radical (unpaired) electrons. The van der Waals surface area contributed by atoms with E-state index in [2.05, 4.69) is 4.90 Å². The van der Waals surface area contributed by atoms with Gasteiger partial charge in [-0.05, 0) is 38.3 Å². The normalized spacial score (nSPS) is 29.8. The number of carboxylic acids is 1. The number of nitrogens with zero attached hydrogens (tertiary/aromatic N) is 1. The second kappa shape index (κ2) is 6.22. The van der Waals surface area contributed by atoms with Crippen LogP contribution < -0.4 is 0 Å². The fourth-order valence-corrected chi connectivity index (χ4v) is 5.05. The van der Waals surface area contributed by atoms with Crippen molar-refractivity contribution in [3.8, 4) is 0 Å². The van der Waals surface area contributed by atoms with Gasteiger partial charge in [0, 0.05) is 6.54 Å². The van der Waals surface area contributed by atoms with Crippen molar-refractivity contribution in [1.29, 1.82) is 0 Å². The van der Waals surface area contributed by atoms with Crippen LogP contribution >= 0.6 is 0 Å². The molecule has 1 N–H and O–H groups in total. The summed E-state index contributed by atoms with van der Waals surface area (Å²) in [5.41, 5.74) is 0. The molecule has 0 bridgehead atoms. The van der Waals surface area contributed by atoms with E-state index in [4.69, 9.17) is 0 Å². The maximum Gasteiger partial charge on any atom is 0.308 e. The van der Waals surface area contributed by atoms with Gasteiger partial charge in [-0.3, -0.25) is 4.79 Å². The van der Waals surface area contributed by atoms with E-state index in [0.29, 0.717) is 13.0 Å². The van der Waals surface area contributed by atoms with Crippen LogP contribution in [0.15, 0.2) is 0 Å². The number of aliphatic carboxylic acids is 1. The maximum atomic E-state index is 11.5. The highest BCUT2D eigenvalue weighted by Crippen LogP contribution is 2.27. The van der Waals surface area contributed by atoms with Crippen LogP contribution in [0.4, 0.5) is 0 Å². The molecule has 0 amide bonds. The molecule has 0 aromatic heterocycles. The van der Waals surface area contributed by atoms with Crippen LogP contribution in [0.3, 0.4) is 0 Å². The van der Waals surface area contributed by atoms with Gasteiger partial charge in [0.15, 0.2) is 9.84 Å². The van der Waals surface area contributed by atoms with Gasteiger partial charge in [0.05, 0.1) is 17.4 Å². The van der Waals surface area contributed by atoms with E-state index in [9.17, 15) is 18.3 Å². The molecule has 2 aliphatic heterocycles. The number of carbonyl (C=O) groups is 1. The SMILES string of the molecule is O=C(O)C(CN1CCCCCC1)C1CCS(=O)(=O)C1. The Balaban J connectivity index is 1.98. The Labute approximate surface area is 114 Å². The summed E-state index contributed by atoms with van der Waals surface area (Å²) in [6.07, 6.45) is 5.18. The Morgan fingerprint density at radius 1 is 1.21 bits per heavy atom. The van der Waals surface area contributed by atoms with Crippen molar-refractivity contribution in [1.82, 2.24) is 4.90 Å². The summed E-state index contributed by atoms with van der Waals surface area (Å²) >= 11 is 0. The molecule has 5 nitrogen and oxygen atoms in total. The monoisotopic (exact) mass is 289 g/mol. The molecule has 2 atom stereocenters. The van der Waals surface area contributed by atoms with Crippen molar-refractivity contribution >= 4 is 15.8 Å². The number of carboxylic acid groups (broad SMARTS) is 1. The van der Waals surface area contributed by atoms with E-state index in [0.717, 1.165) is 25.9 Å². The molecule has 0 aromatic carbocycles. The Bertz CT molecular complexity index is 412. The summed E-state index contributed by atoms with van der Waals surface area (Å²) in [6.45, 7) is 2.40. The third-order valence-electron chi connectivity index (χ3n) is 4.31. The van der Waals surface area contributed by atoms with Gasteiger partial charge in [0.25, 0.3) is 0 Å². The number of sulfone groups is 1. The van der Waals surface area contributed by atoms with E-state index < -0.39 is 21.7 Å². The van der Waals surface area contributed by atoms with Gasteiger partial charge in [-0.1, -0.05) is 12.8 Å². The van der Waals surface area contributed by atoms with Crippen LogP contribution in [-0.2, 0) is 14.6 Å². The van der Waals surface area contributed by atoms with Crippen molar-refractivity contribution in [3.63, 3.8) is 0 Å². The molecular weight excluding hydrogens is 266 g/mol. The van der Waals surface area contributed by atoms with Gasteiger partial charge >= 0.3 is 5.97 Å². The summed E-state index contributed by atoms with van der Waals surface area (Å²) in [4.78, 5) is 13.6. The lowest BCUT2D eigenvalue weighted by molar-refractivity contribution is -0.144. The lowest BCUT2D eigenvalue weighted by Gasteiger charge is -2.26. The smallest absolute Gasteiger partial charge is 0.308 e. The van der Waals surface area contributed by atoms with E-state index in [1.54, 1.807) is 0 Å². The van der Waals surface area contributed by atoms with Crippen LogP contribution in [0, 0.1) is 11.8 Å². The lowest BCUT2D eigenvalue weighted by atomic mass is 9.91. The molecule has 2 heterocycles. The van der Waals surface area contributed by atoms with Crippen molar-refractivity contribution in [3.05, 3.63) is 0 Å². The van der Waals surface area contributed by atoms with E-state index in [1.807, 2.05) is 0 Å². The fraction of sp³-hybridized carbons (Fsp3) is 0.923. The molecule has 0 saturated carbocycles. The minimum Gasteiger partial charge on any atom is -0.481 e. The third-order valence-corrected chi connectivity index (χ3v) is 6.10. The first kappa shape index (κ1) is 14.8.